The third kappa shape index (κ3) is 19.2. The summed E-state index contributed by atoms with van der Waals surface area (Å²) in [4.78, 5) is 73.6. The van der Waals surface area contributed by atoms with Gasteiger partial charge in [0, 0.05) is 117 Å². The van der Waals surface area contributed by atoms with Crippen molar-refractivity contribution < 1.29 is 36.7 Å². The molecule has 6 fully saturated rings. The maximum atomic E-state index is 14.0. The summed E-state index contributed by atoms with van der Waals surface area (Å²) >= 11 is 23.8. The first-order valence-corrected chi connectivity index (χ1v) is 47.3. The first-order chi connectivity index (χ1) is 61.3. The molecule has 128 heavy (non-hydrogen) atoms. The summed E-state index contributed by atoms with van der Waals surface area (Å²) in [6.07, 6.45) is 30.4. The van der Waals surface area contributed by atoms with Crippen LogP contribution in [-0.2, 0) is 44.9 Å². The Morgan fingerprint density at radius 2 is 0.633 bits per heavy atom. The lowest BCUT2D eigenvalue weighted by molar-refractivity contribution is -0.124. The second-order valence-electron chi connectivity index (χ2n) is 40.1. The van der Waals surface area contributed by atoms with Gasteiger partial charge in [0.2, 0.25) is 0 Å². The van der Waals surface area contributed by atoms with Crippen molar-refractivity contribution >= 4 is 113 Å². The highest BCUT2D eigenvalue weighted by Gasteiger charge is 2.61. The first kappa shape index (κ1) is 90.3. The van der Waals surface area contributed by atoms with Gasteiger partial charge in [0.15, 0.2) is 0 Å². The Bertz CT molecular complexity index is 5850. The molecule has 0 amide bonds. The number of halogens is 8. The van der Waals surface area contributed by atoms with Crippen molar-refractivity contribution in [2.75, 3.05) is 0 Å². The van der Waals surface area contributed by atoms with Gasteiger partial charge in [-0.15, -0.1) is 0 Å². The number of carbonyl (C=O) groups excluding carboxylic acids is 4. The largest absolute Gasteiger partial charge is 0.299 e. The molecule has 17 heteroatoms. The molecule has 8 aliphatic carbocycles. The minimum atomic E-state index is -0.217. The number of hydrogen-bond acceptors (Lipinski definition) is 9. The zero-order chi connectivity index (χ0) is 89.8. The van der Waals surface area contributed by atoms with Crippen LogP contribution < -0.4 is 0 Å². The van der Waals surface area contributed by atoms with Gasteiger partial charge in [0.25, 0.3) is 0 Å². The molecule has 9 nitrogen and oxygen atoms in total. The van der Waals surface area contributed by atoms with E-state index in [0.717, 1.165) is 156 Å². The molecule has 6 saturated carbocycles. The summed E-state index contributed by atoms with van der Waals surface area (Å²) in [5.74, 6) is 4.83. The second kappa shape index (κ2) is 37.3. The summed E-state index contributed by atoms with van der Waals surface area (Å²) in [7, 11) is 0. The fraction of sp³-hybridized carbons (Fsp3) is 0.396. The van der Waals surface area contributed by atoms with Gasteiger partial charge in [0.1, 0.15) is 51.6 Å². The van der Waals surface area contributed by atoms with E-state index in [1.807, 2.05) is 124 Å². The fourth-order valence-corrected chi connectivity index (χ4v) is 25.0. The van der Waals surface area contributed by atoms with Crippen LogP contribution in [0.2, 0.25) is 20.2 Å². The molecule has 7 aromatic carbocycles. The minimum absolute atomic E-state index is 0.0458. The number of allylic oxidation sites excluding steroid dienone is 4. The molecule has 0 aliphatic heterocycles. The summed E-state index contributed by atoms with van der Waals surface area (Å²) < 4.78 is 55.7. The van der Waals surface area contributed by atoms with Crippen LogP contribution in [0.4, 0.5) is 17.6 Å². The van der Waals surface area contributed by atoms with Crippen molar-refractivity contribution in [2.24, 2.45) is 80.8 Å². The van der Waals surface area contributed by atoms with Gasteiger partial charge in [-0.1, -0.05) is 168 Å². The SMILES string of the molecule is CC(C(=O)Cc1ccc(Cl)cc1)C1=C[C@H]2C[C@@H](c3ccnc4ccc(F)cc34)C[C@H]2C1.CC(C(=O)Cc1ccc(Cl)cc1)C1C[C@]2(C)CC(c3ccnc4ccc(F)cc34)C[C@]2(C)C1.CC(C(=O)Cc1ccc(Cl)cc1)C1C[C@]2(C)CC(c3ccnc4ccc(F)cc34)C[C@]2(C)C1.CC(C(=O)Cc1ccc(Cl)nc1)C1=C[C@H]2C[C@@H](c3ccnc4ccc(F)cc34)C[C@H]2C1. The highest BCUT2D eigenvalue weighted by Crippen LogP contribution is 2.71. The monoisotopic (exact) mass is 1790 g/mol. The third-order valence-corrected chi connectivity index (χ3v) is 33.1. The Hall–Kier alpha value is -9.63. The smallest absolute Gasteiger partial charge is 0.144 e. The molecular formula is C111H111Cl4F4N5O4. The van der Waals surface area contributed by atoms with Gasteiger partial charge < -0.3 is 0 Å². The zero-order valence-corrected chi connectivity index (χ0v) is 77.1. The van der Waals surface area contributed by atoms with Crippen LogP contribution in [0.3, 0.4) is 0 Å². The van der Waals surface area contributed by atoms with E-state index in [2.05, 4.69) is 96.8 Å². The molecule has 18 atom stereocenters. The van der Waals surface area contributed by atoms with Gasteiger partial charge in [-0.2, -0.15) is 0 Å². The third-order valence-electron chi connectivity index (χ3n) is 32.2. The lowest BCUT2D eigenvalue weighted by atomic mass is 9.71. The normalized spacial score (nSPS) is 26.8. The summed E-state index contributed by atoms with van der Waals surface area (Å²) in [6.45, 7) is 17.9. The zero-order valence-electron chi connectivity index (χ0n) is 74.1. The van der Waals surface area contributed by atoms with Crippen LogP contribution in [-0.4, -0.2) is 48.1 Å². The van der Waals surface area contributed by atoms with E-state index in [4.69, 9.17) is 46.4 Å². The summed E-state index contributed by atoms with van der Waals surface area (Å²) in [5, 5.41) is 6.27. The molecule has 0 N–H and O–H groups in total. The summed E-state index contributed by atoms with van der Waals surface area (Å²) in [6, 6.07) is 54.1. The summed E-state index contributed by atoms with van der Waals surface area (Å²) in [5.41, 5.74) is 15.5. The van der Waals surface area contributed by atoms with Crippen LogP contribution in [0.1, 0.15) is 213 Å². The second-order valence-corrected chi connectivity index (χ2v) is 41.8. The number of nitrogens with zero attached hydrogens (tertiary/aromatic N) is 5. The van der Waals surface area contributed by atoms with Crippen molar-refractivity contribution in [3.63, 3.8) is 0 Å². The number of ketones is 4. The predicted octanol–water partition coefficient (Wildman–Crippen LogP) is 28.8. The Morgan fingerprint density at radius 1 is 0.344 bits per heavy atom. The van der Waals surface area contributed by atoms with Crippen molar-refractivity contribution in [1.82, 2.24) is 24.9 Å². The van der Waals surface area contributed by atoms with E-state index in [1.54, 1.807) is 60.8 Å². The molecule has 0 bridgehead atoms. The van der Waals surface area contributed by atoms with E-state index < -0.39 is 0 Å². The van der Waals surface area contributed by atoms with E-state index in [-0.39, 0.29) is 80.2 Å². The average Bonchev–Trinajstić information content (AvgIpc) is 1.57. The number of rotatable bonds is 20. The van der Waals surface area contributed by atoms with Crippen LogP contribution >= 0.6 is 46.4 Å². The topological polar surface area (TPSA) is 133 Å². The molecule has 660 valence electrons. The van der Waals surface area contributed by atoms with Gasteiger partial charge in [-0.25, -0.2) is 22.5 Å². The maximum Gasteiger partial charge on any atom is 0.144 e. The van der Waals surface area contributed by atoms with Gasteiger partial charge in [-0.05, 0) is 355 Å². The average molecular weight is 1800 g/mol. The lowest BCUT2D eigenvalue weighted by Crippen LogP contribution is -2.25. The molecule has 0 radical (unpaired) electrons. The van der Waals surface area contributed by atoms with E-state index in [0.29, 0.717) is 117 Å². The minimum Gasteiger partial charge on any atom is -0.299 e. The molecular weight excluding hydrogens is 1690 g/mol. The molecule has 5 heterocycles. The van der Waals surface area contributed by atoms with Gasteiger partial charge in [-0.3, -0.25) is 39.1 Å². The molecule has 20 rings (SSSR count). The number of Topliss-reactive ketones (excluding diaryl/α,β-unsaturated/α-hetero) is 4. The van der Waals surface area contributed by atoms with Crippen molar-refractivity contribution in [1.29, 1.82) is 0 Å². The van der Waals surface area contributed by atoms with Crippen LogP contribution in [0.15, 0.2) is 236 Å². The Morgan fingerprint density at radius 3 is 0.930 bits per heavy atom. The van der Waals surface area contributed by atoms with Crippen molar-refractivity contribution in [3.05, 3.63) is 324 Å². The number of pyridine rings is 5. The lowest BCUT2D eigenvalue weighted by Gasteiger charge is -2.34. The molecule has 5 aromatic heterocycles. The van der Waals surface area contributed by atoms with Crippen LogP contribution in [0.5, 0.6) is 0 Å². The number of carbonyl (C=O) groups is 4. The Labute approximate surface area is 769 Å². The van der Waals surface area contributed by atoms with Gasteiger partial charge in [0.05, 0.1) is 22.1 Å². The first-order valence-electron chi connectivity index (χ1n) is 45.8. The van der Waals surface area contributed by atoms with E-state index in [1.165, 1.54) is 57.7 Å². The van der Waals surface area contributed by atoms with E-state index >= 15 is 0 Å². The Kier molecular flexibility index (Phi) is 26.3. The highest BCUT2D eigenvalue weighted by atomic mass is 35.5. The number of fused-ring (bicyclic) bond motifs is 8. The predicted molar refractivity (Wildman–Crippen MR) is 507 cm³/mol. The highest BCUT2D eigenvalue weighted by molar-refractivity contribution is 6.31. The van der Waals surface area contributed by atoms with Crippen LogP contribution in [0, 0.1) is 104 Å². The van der Waals surface area contributed by atoms with E-state index in [9.17, 15) is 36.7 Å². The van der Waals surface area contributed by atoms with Crippen molar-refractivity contribution in [3.8, 4) is 0 Å². The van der Waals surface area contributed by atoms with Crippen molar-refractivity contribution in [2.45, 2.75) is 195 Å². The molecule has 12 aromatic rings. The Balaban J connectivity index is 0.000000120. The number of hydrogen-bond donors (Lipinski definition) is 0. The molecule has 0 saturated heterocycles. The maximum absolute atomic E-state index is 14.0. The molecule has 8 aliphatic rings. The van der Waals surface area contributed by atoms with Crippen LogP contribution in [0.25, 0.3) is 43.6 Å². The fourth-order valence-electron chi connectivity index (χ4n) is 24.5. The molecule has 0 spiro atoms. The number of aromatic nitrogens is 5. The quantitative estimate of drug-likeness (QED) is 0.0415. The van der Waals surface area contributed by atoms with Gasteiger partial charge >= 0.3 is 0 Å². The molecule has 8 unspecified atom stereocenters. The standard InChI is InChI=1S/2C29H31ClFNO.C27H25ClFNO.C26H24ClFN2O/c2*1-18(27(33)12-19-4-6-22(30)7-5-19)20-14-28(2)16-21(17-29(28,3)15-20)24-10-11-32-26-9-8-23(31)13-25(24)26;1-16(27(31)10-17-2-4-22(28)5-3-17)18-11-19-13-21(14-20(19)12-18)24-8-9-30-26-7-6-23(29)15-25(24)26;1-15(25(31)8-16-2-5-26(27)30-14-16)17-9-18-11-20(12-19(18)10-17)22-6-7-29-24-4-3-21(28)13-23(22)24/h2*4-11,13,18,20-21H,12,14-17H2,1-3H3;2-9,11,15-16,19-21H,10,12-14H2,1H3;2-7,9,13-15,18-20H,8,10-12H2,1H3/t2*18?,20?,21?,28-,29+;16?,19-,20+,21+;15?,18-,19+,20+/m..00/s1. The number of benzene rings is 7.